The van der Waals surface area contributed by atoms with Crippen LogP contribution in [0.2, 0.25) is 0 Å². The molecule has 0 bridgehead atoms. The topological polar surface area (TPSA) is 26.3 Å². The normalized spacial score (nSPS) is 13.3. The van der Waals surface area contributed by atoms with E-state index >= 15 is 0 Å². The van der Waals surface area contributed by atoms with Gasteiger partial charge in [-0.05, 0) is 42.4 Å². The number of alkyl halides is 7. The molecule has 0 fully saturated rings. The van der Waals surface area contributed by atoms with Crippen LogP contribution in [0.1, 0.15) is 64.7 Å². The first-order chi connectivity index (χ1) is 12.5. The van der Waals surface area contributed by atoms with Gasteiger partial charge in [-0.15, -0.1) is 0 Å². The standard InChI is InChI=1S/C18H27F6IO2/c1-14(8-7-9-15(17(19,20)21)18(22,23)24)11-13-27-16(26)10-5-3-2-4-6-12-25/h9,14H,2-8,10-13H2,1H3. The Labute approximate surface area is 170 Å². The largest absolute Gasteiger partial charge is 0.466 e. The Balaban J connectivity index is 3.98. The summed E-state index contributed by atoms with van der Waals surface area (Å²) in [5.74, 6) is -0.461. The van der Waals surface area contributed by atoms with Crippen LogP contribution >= 0.6 is 22.6 Å². The van der Waals surface area contributed by atoms with Gasteiger partial charge in [0.15, 0.2) is 0 Å². The van der Waals surface area contributed by atoms with Crippen molar-refractivity contribution in [2.24, 2.45) is 5.92 Å². The minimum absolute atomic E-state index is 0.129. The predicted molar refractivity (Wildman–Crippen MR) is 101 cm³/mol. The van der Waals surface area contributed by atoms with Gasteiger partial charge in [0.1, 0.15) is 5.57 Å². The fourth-order valence-corrected chi connectivity index (χ4v) is 2.93. The van der Waals surface area contributed by atoms with Crippen LogP contribution in [0, 0.1) is 5.92 Å². The van der Waals surface area contributed by atoms with E-state index in [0.717, 1.165) is 30.1 Å². The average molecular weight is 516 g/mol. The lowest BCUT2D eigenvalue weighted by Crippen LogP contribution is -2.26. The third-order valence-electron chi connectivity index (χ3n) is 4.01. The van der Waals surface area contributed by atoms with E-state index in [0.29, 0.717) is 12.8 Å². The number of carbonyl (C=O) groups excluding carboxylic acids is 1. The molecule has 0 aliphatic carbocycles. The lowest BCUT2D eigenvalue weighted by atomic mass is 10.0. The van der Waals surface area contributed by atoms with Crippen LogP contribution in [0.5, 0.6) is 0 Å². The minimum atomic E-state index is -5.41. The third-order valence-corrected chi connectivity index (χ3v) is 4.77. The fourth-order valence-electron chi connectivity index (χ4n) is 2.39. The highest BCUT2D eigenvalue weighted by atomic mass is 127. The predicted octanol–water partition coefficient (Wildman–Crippen LogP) is 7.16. The van der Waals surface area contributed by atoms with Crippen molar-refractivity contribution in [1.82, 2.24) is 0 Å². The molecule has 1 unspecified atom stereocenters. The molecular formula is C18H27F6IO2. The van der Waals surface area contributed by atoms with Crippen molar-refractivity contribution in [1.29, 1.82) is 0 Å². The van der Waals surface area contributed by atoms with E-state index in [1.54, 1.807) is 6.92 Å². The van der Waals surface area contributed by atoms with Gasteiger partial charge in [0.25, 0.3) is 0 Å². The van der Waals surface area contributed by atoms with Gasteiger partial charge >= 0.3 is 18.3 Å². The first-order valence-electron chi connectivity index (χ1n) is 9.04. The number of unbranched alkanes of at least 4 members (excludes halogenated alkanes) is 4. The molecule has 2 nitrogen and oxygen atoms in total. The average Bonchev–Trinajstić information content (AvgIpc) is 2.52. The summed E-state index contributed by atoms with van der Waals surface area (Å²) in [7, 11) is 0. The summed E-state index contributed by atoms with van der Waals surface area (Å²) in [6.07, 6.45) is -4.93. The lowest BCUT2D eigenvalue weighted by molar-refractivity contribution is -0.172. The highest BCUT2D eigenvalue weighted by Gasteiger charge is 2.50. The van der Waals surface area contributed by atoms with E-state index in [4.69, 9.17) is 4.74 Å². The molecule has 0 rings (SSSR count). The number of carbonyl (C=O) groups is 1. The maximum absolute atomic E-state index is 12.4. The molecule has 0 radical (unpaired) electrons. The summed E-state index contributed by atoms with van der Waals surface area (Å²) >= 11 is 2.32. The van der Waals surface area contributed by atoms with Gasteiger partial charge in [-0.1, -0.05) is 54.9 Å². The SMILES string of the molecule is CC(CCC=C(C(F)(F)F)C(F)(F)F)CCOC(=O)CCCCCCCI. The summed E-state index contributed by atoms with van der Waals surface area (Å²) < 4.78 is 80.4. The van der Waals surface area contributed by atoms with Crippen molar-refractivity contribution < 1.29 is 35.9 Å². The summed E-state index contributed by atoms with van der Waals surface area (Å²) in [6, 6.07) is 0. The molecule has 0 aromatic heterocycles. The Bertz CT molecular complexity index is 430. The number of hydrogen-bond donors (Lipinski definition) is 0. The van der Waals surface area contributed by atoms with Crippen molar-refractivity contribution >= 4 is 28.6 Å². The van der Waals surface area contributed by atoms with Crippen LogP contribution in [0.15, 0.2) is 11.6 Å². The first kappa shape index (κ1) is 26.5. The maximum atomic E-state index is 12.4. The van der Waals surface area contributed by atoms with E-state index in [-0.39, 0.29) is 37.4 Å². The molecule has 160 valence electrons. The van der Waals surface area contributed by atoms with Gasteiger partial charge in [-0.2, -0.15) is 26.3 Å². The monoisotopic (exact) mass is 516 g/mol. The number of hydrogen-bond acceptors (Lipinski definition) is 2. The molecule has 0 spiro atoms. The zero-order valence-electron chi connectivity index (χ0n) is 15.4. The Morgan fingerprint density at radius 2 is 1.52 bits per heavy atom. The molecule has 0 aliphatic rings. The Morgan fingerprint density at radius 1 is 0.963 bits per heavy atom. The maximum Gasteiger partial charge on any atom is 0.420 e. The third kappa shape index (κ3) is 14.2. The smallest absolute Gasteiger partial charge is 0.420 e. The van der Waals surface area contributed by atoms with Gasteiger partial charge in [0.2, 0.25) is 0 Å². The van der Waals surface area contributed by atoms with Crippen molar-refractivity contribution in [3.8, 4) is 0 Å². The highest BCUT2D eigenvalue weighted by molar-refractivity contribution is 14.1. The Kier molecular flexibility index (Phi) is 13.4. The van der Waals surface area contributed by atoms with Gasteiger partial charge in [-0.3, -0.25) is 4.79 Å². The number of esters is 1. The van der Waals surface area contributed by atoms with Crippen molar-refractivity contribution in [3.63, 3.8) is 0 Å². The van der Waals surface area contributed by atoms with Gasteiger partial charge in [0.05, 0.1) is 6.61 Å². The van der Waals surface area contributed by atoms with Gasteiger partial charge in [0, 0.05) is 6.42 Å². The molecular weight excluding hydrogens is 489 g/mol. The fraction of sp³-hybridized carbons (Fsp3) is 0.833. The first-order valence-corrected chi connectivity index (χ1v) is 10.6. The van der Waals surface area contributed by atoms with Crippen LogP contribution in [-0.2, 0) is 9.53 Å². The Hall–Kier alpha value is -0.480. The highest BCUT2D eigenvalue weighted by Crippen LogP contribution is 2.39. The second-order valence-electron chi connectivity index (χ2n) is 6.51. The molecule has 0 aromatic carbocycles. The van der Waals surface area contributed by atoms with Crippen molar-refractivity contribution in [2.75, 3.05) is 11.0 Å². The summed E-state index contributed by atoms with van der Waals surface area (Å²) in [5.41, 5.74) is -2.47. The molecule has 0 aliphatic heterocycles. The summed E-state index contributed by atoms with van der Waals surface area (Å²) in [5, 5.41) is 0. The number of ether oxygens (including phenoxy) is 1. The molecule has 1 atom stereocenters. The minimum Gasteiger partial charge on any atom is -0.466 e. The molecule has 0 heterocycles. The number of halogens is 7. The molecule has 27 heavy (non-hydrogen) atoms. The molecule has 0 N–H and O–H groups in total. The van der Waals surface area contributed by atoms with Gasteiger partial charge in [-0.25, -0.2) is 0 Å². The van der Waals surface area contributed by atoms with E-state index in [1.165, 1.54) is 6.42 Å². The second-order valence-corrected chi connectivity index (χ2v) is 7.59. The van der Waals surface area contributed by atoms with Gasteiger partial charge < -0.3 is 4.74 Å². The van der Waals surface area contributed by atoms with Crippen molar-refractivity contribution in [3.05, 3.63) is 11.6 Å². The van der Waals surface area contributed by atoms with Crippen LogP contribution in [0.4, 0.5) is 26.3 Å². The zero-order chi connectivity index (χ0) is 20.9. The lowest BCUT2D eigenvalue weighted by Gasteiger charge is -2.15. The Morgan fingerprint density at radius 3 is 2.07 bits per heavy atom. The van der Waals surface area contributed by atoms with E-state index in [2.05, 4.69) is 22.6 Å². The summed E-state index contributed by atoms with van der Waals surface area (Å²) in [4.78, 5) is 11.6. The van der Waals surface area contributed by atoms with Crippen LogP contribution in [0.3, 0.4) is 0 Å². The number of allylic oxidation sites excluding steroid dienone is 2. The van der Waals surface area contributed by atoms with Crippen LogP contribution in [-0.4, -0.2) is 29.4 Å². The second kappa shape index (κ2) is 13.7. The zero-order valence-corrected chi connectivity index (χ0v) is 17.6. The van der Waals surface area contributed by atoms with E-state index < -0.39 is 17.9 Å². The molecule has 0 amide bonds. The number of rotatable bonds is 13. The molecule has 0 saturated heterocycles. The van der Waals surface area contributed by atoms with Crippen LogP contribution in [0.25, 0.3) is 0 Å². The summed E-state index contributed by atoms with van der Waals surface area (Å²) in [6.45, 7) is 1.83. The molecule has 9 heteroatoms. The quantitative estimate of drug-likeness (QED) is 0.0649. The van der Waals surface area contributed by atoms with Crippen molar-refractivity contribution in [2.45, 2.75) is 77.1 Å². The molecule has 0 saturated carbocycles. The molecule has 0 aromatic rings. The van der Waals surface area contributed by atoms with E-state index in [1.807, 2.05) is 0 Å². The van der Waals surface area contributed by atoms with E-state index in [9.17, 15) is 31.1 Å². The van der Waals surface area contributed by atoms with Crippen LogP contribution < -0.4 is 0 Å².